The fourth-order valence-corrected chi connectivity index (χ4v) is 3.24. The number of aromatic nitrogens is 2. The molecule has 0 saturated heterocycles. The number of fused-ring (bicyclic) bond motifs is 1. The van der Waals surface area contributed by atoms with E-state index in [-0.39, 0.29) is 6.04 Å². The predicted octanol–water partition coefficient (Wildman–Crippen LogP) is 4.45. The monoisotopic (exact) mass is 315 g/mol. The highest BCUT2D eigenvalue weighted by atomic mass is 35.5. The first-order valence-corrected chi connectivity index (χ1v) is 7.77. The molecule has 5 heteroatoms. The van der Waals surface area contributed by atoms with E-state index in [9.17, 15) is 0 Å². The summed E-state index contributed by atoms with van der Waals surface area (Å²) in [6.07, 6.45) is 1.58. The van der Waals surface area contributed by atoms with E-state index in [1.165, 1.54) is 0 Å². The molecule has 21 heavy (non-hydrogen) atoms. The summed E-state index contributed by atoms with van der Waals surface area (Å²) in [5, 5.41) is 2.62. The number of benzene rings is 2. The quantitative estimate of drug-likeness (QED) is 0.725. The maximum Gasteiger partial charge on any atom is 0.117 e. The molecule has 3 aromatic rings. The Hall–Kier alpha value is -1.62. The summed E-state index contributed by atoms with van der Waals surface area (Å²) in [5.74, 6) is 0. The van der Waals surface area contributed by atoms with Crippen LogP contribution in [0.1, 0.15) is 18.5 Å². The van der Waals surface area contributed by atoms with Crippen LogP contribution < -0.4 is 5.73 Å². The summed E-state index contributed by atoms with van der Waals surface area (Å²) in [4.78, 5) is 9.60. The standard InChI is InChI=1S/C16H14ClN3S/c1-10(18)11-6-7-15(13(17)8-11)21-16-12-4-2-3-5-14(12)19-9-20-16/h2-10H,18H2,1H3. The van der Waals surface area contributed by atoms with Crippen LogP contribution in [-0.2, 0) is 0 Å². The van der Waals surface area contributed by atoms with Crippen LogP contribution in [0.4, 0.5) is 0 Å². The normalized spacial score (nSPS) is 12.5. The third-order valence-corrected chi connectivity index (χ3v) is 4.71. The number of nitrogens with two attached hydrogens (primary N) is 1. The van der Waals surface area contributed by atoms with E-state index in [1.54, 1.807) is 18.1 Å². The van der Waals surface area contributed by atoms with Crippen LogP contribution in [0.3, 0.4) is 0 Å². The minimum Gasteiger partial charge on any atom is -0.324 e. The highest BCUT2D eigenvalue weighted by Crippen LogP contribution is 2.36. The van der Waals surface area contributed by atoms with Gasteiger partial charge in [0.25, 0.3) is 0 Å². The van der Waals surface area contributed by atoms with Crippen molar-refractivity contribution in [1.29, 1.82) is 0 Å². The third kappa shape index (κ3) is 3.02. The van der Waals surface area contributed by atoms with Gasteiger partial charge in [0.15, 0.2) is 0 Å². The van der Waals surface area contributed by atoms with Crippen molar-refractivity contribution in [2.24, 2.45) is 5.73 Å². The zero-order valence-corrected chi connectivity index (χ0v) is 13.0. The summed E-state index contributed by atoms with van der Waals surface area (Å²) >= 11 is 7.90. The van der Waals surface area contributed by atoms with Crippen molar-refractivity contribution in [2.45, 2.75) is 22.9 Å². The van der Waals surface area contributed by atoms with Gasteiger partial charge in [0, 0.05) is 16.3 Å². The first kappa shape index (κ1) is 14.3. The molecular formula is C16H14ClN3S. The van der Waals surface area contributed by atoms with Crippen molar-refractivity contribution >= 4 is 34.3 Å². The molecule has 0 aliphatic rings. The smallest absolute Gasteiger partial charge is 0.117 e. The third-order valence-electron chi connectivity index (χ3n) is 3.19. The van der Waals surface area contributed by atoms with Gasteiger partial charge < -0.3 is 5.73 Å². The van der Waals surface area contributed by atoms with Gasteiger partial charge in [-0.05, 0) is 30.7 Å². The number of para-hydroxylation sites is 1. The molecule has 1 unspecified atom stereocenters. The predicted molar refractivity (Wildman–Crippen MR) is 87.7 cm³/mol. The van der Waals surface area contributed by atoms with E-state index in [0.29, 0.717) is 5.02 Å². The van der Waals surface area contributed by atoms with Gasteiger partial charge in [0.1, 0.15) is 11.4 Å². The molecule has 3 nitrogen and oxygen atoms in total. The molecule has 0 amide bonds. The Kier molecular flexibility index (Phi) is 4.10. The van der Waals surface area contributed by atoms with Crippen molar-refractivity contribution in [3.8, 4) is 0 Å². The molecule has 0 aliphatic carbocycles. The van der Waals surface area contributed by atoms with Crippen molar-refractivity contribution < 1.29 is 0 Å². The van der Waals surface area contributed by atoms with Crippen molar-refractivity contribution in [3.63, 3.8) is 0 Å². The molecule has 2 aromatic carbocycles. The van der Waals surface area contributed by atoms with E-state index >= 15 is 0 Å². The van der Waals surface area contributed by atoms with Crippen LogP contribution >= 0.6 is 23.4 Å². The Morgan fingerprint density at radius 2 is 1.95 bits per heavy atom. The Labute approximate surface area is 132 Å². The van der Waals surface area contributed by atoms with Gasteiger partial charge in [-0.1, -0.05) is 47.6 Å². The van der Waals surface area contributed by atoms with Crippen LogP contribution in [0.25, 0.3) is 10.9 Å². The molecule has 1 atom stereocenters. The fraction of sp³-hybridized carbons (Fsp3) is 0.125. The van der Waals surface area contributed by atoms with E-state index < -0.39 is 0 Å². The van der Waals surface area contributed by atoms with E-state index in [4.69, 9.17) is 17.3 Å². The van der Waals surface area contributed by atoms with E-state index in [1.807, 2.05) is 49.4 Å². The van der Waals surface area contributed by atoms with Crippen LogP contribution in [0.5, 0.6) is 0 Å². The first-order valence-electron chi connectivity index (χ1n) is 6.58. The molecule has 2 N–H and O–H groups in total. The zero-order valence-electron chi connectivity index (χ0n) is 11.5. The summed E-state index contributed by atoms with van der Waals surface area (Å²) in [6, 6.07) is 13.8. The number of nitrogens with zero attached hydrogens (tertiary/aromatic N) is 2. The summed E-state index contributed by atoms with van der Waals surface area (Å²) in [7, 11) is 0. The molecule has 0 spiro atoms. The SMILES string of the molecule is CC(N)c1ccc(Sc2ncnc3ccccc23)c(Cl)c1. The average Bonchev–Trinajstić information content (AvgIpc) is 2.49. The Morgan fingerprint density at radius 3 is 2.71 bits per heavy atom. The lowest BCUT2D eigenvalue weighted by Crippen LogP contribution is -2.04. The molecule has 1 aromatic heterocycles. The van der Waals surface area contributed by atoms with Crippen LogP contribution in [0.2, 0.25) is 5.02 Å². The zero-order chi connectivity index (χ0) is 14.8. The molecule has 106 valence electrons. The summed E-state index contributed by atoms with van der Waals surface area (Å²) in [5.41, 5.74) is 7.83. The highest BCUT2D eigenvalue weighted by molar-refractivity contribution is 7.99. The maximum absolute atomic E-state index is 6.35. The second-order valence-corrected chi connectivity index (χ2v) is 6.21. The molecular weight excluding hydrogens is 302 g/mol. The molecule has 0 fully saturated rings. The number of hydrogen-bond acceptors (Lipinski definition) is 4. The minimum absolute atomic E-state index is 0.0265. The largest absolute Gasteiger partial charge is 0.324 e. The van der Waals surface area contributed by atoms with Gasteiger partial charge in [0.05, 0.1) is 10.5 Å². The molecule has 0 bridgehead atoms. The fourth-order valence-electron chi connectivity index (χ4n) is 2.05. The number of rotatable bonds is 3. The maximum atomic E-state index is 6.35. The molecule has 1 heterocycles. The van der Waals surface area contributed by atoms with Crippen LogP contribution in [-0.4, -0.2) is 9.97 Å². The van der Waals surface area contributed by atoms with E-state index in [0.717, 1.165) is 26.4 Å². The van der Waals surface area contributed by atoms with Gasteiger partial charge in [-0.3, -0.25) is 0 Å². The average molecular weight is 316 g/mol. The van der Waals surface area contributed by atoms with Crippen molar-refractivity contribution in [2.75, 3.05) is 0 Å². The topological polar surface area (TPSA) is 51.8 Å². The Bertz CT molecular complexity index is 784. The summed E-state index contributed by atoms with van der Waals surface area (Å²) in [6.45, 7) is 1.94. The Balaban J connectivity index is 1.99. The lowest BCUT2D eigenvalue weighted by atomic mass is 10.1. The minimum atomic E-state index is -0.0265. The molecule has 0 radical (unpaired) electrons. The Morgan fingerprint density at radius 1 is 1.14 bits per heavy atom. The van der Waals surface area contributed by atoms with Gasteiger partial charge in [-0.25, -0.2) is 9.97 Å². The molecule has 0 saturated carbocycles. The van der Waals surface area contributed by atoms with Gasteiger partial charge in [-0.15, -0.1) is 0 Å². The van der Waals surface area contributed by atoms with Gasteiger partial charge in [-0.2, -0.15) is 0 Å². The number of hydrogen-bond donors (Lipinski definition) is 1. The first-order chi connectivity index (χ1) is 10.1. The second kappa shape index (κ2) is 6.02. The highest BCUT2D eigenvalue weighted by Gasteiger charge is 2.09. The van der Waals surface area contributed by atoms with Crippen molar-refractivity contribution in [3.05, 3.63) is 59.4 Å². The second-order valence-electron chi connectivity index (χ2n) is 4.78. The molecule has 3 rings (SSSR count). The van der Waals surface area contributed by atoms with Gasteiger partial charge in [0.2, 0.25) is 0 Å². The van der Waals surface area contributed by atoms with Crippen LogP contribution in [0, 0.1) is 0 Å². The summed E-state index contributed by atoms with van der Waals surface area (Å²) < 4.78 is 0. The lowest BCUT2D eigenvalue weighted by molar-refractivity contribution is 0.817. The lowest BCUT2D eigenvalue weighted by Gasteiger charge is -2.10. The van der Waals surface area contributed by atoms with Crippen molar-refractivity contribution in [1.82, 2.24) is 9.97 Å². The molecule has 0 aliphatic heterocycles. The van der Waals surface area contributed by atoms with E-state index in [2.05, 4.69) is 9.97 Å². The van der Waals surface area contributed by atoms with Crippen LogP contribution in [0.15, 0.2) is 58.7 Å². The number of halogens is 1. The van der Waals surface area contributed by atoms with Gasteiger partial charge >= 0.3 is 0 Å².